The second-order valence-corrected chi connectivity index (χ2v) is 4.34. The van der Waals surface area contributed by atoms with Gasteiger partial charge in [-0.25, -0.2) is 4.79 Å². The normalized spacial score (nSPS) is 10.4. The number of carboxylic acids is 1. The van der Waals surface area contributed by atoms with Crippen molar-refractivity contribution in [1.29, 1.82) is 0 Å². The molecular formula is C11H10N2O3S. The molecule has 1 heterocycles. The predicted molar refractivity (Wildman–Crippen MR) is 65.5 cm³/mol. The minimum Gasteiger partial charge on any atom is -0.478 e. The van der Waals surface area contributed by atoms with Crippen LogP contribution >= 0.6 is 11.3 Å². The second kappa shape index (κ2) is 4.42. The fourth-order valence-electron chi connectivity index (χ4n) is 1.60. The quantitative estimate of drug-likeness (QED) is 0.802. The molecule has 0 bridgehead atoms. The minimum atomic E-state index is -1.08. The van der Waals surface area contributed by atoms with Crippen molar-refractivity contribution in [3.05, 3.63) is 50.6 Å². The Balaban J connectivity index is 2.46. The molecule has 0 spiro atoms. The van der Waals surface area contributed by atoms with Crippen LogP contribution in [0.4, 0.5) is 5.69 Å². The van der Waals surface area contributed by atoms with E-state index in [0.717, 1.165) is 11.3 Å². The third kappa shape index (κ3) is 2.21. The largest absolute Gasteiger partial charge is 0.478 e. The van der Waals surface area contributed by atoms with E-state index in [1.807, 2.05) is 0 Å². The van der Waals surface area contributed by atoms with Gasteiger partial charge in [0.05, 0.1) is 12.1 Å². The van der Waals surface area contributed by atoms with Crippen LogP contribution in [0.25, 0.3) is 0 Å². The first kappa shape index (κ1) is 11.4. The maximum Gasteiger partial charge on any atom is 0.338 e. The lowest BCUT2D eigenvalue weighted by molar-refractivity contribution is 0.0697. The SMILES string of the molecule is Nc1cccc(Cn2ccsc2=O)c1C(=O)O. The summed E-state index contributed by atoms with van der Waals surface area (Å²) in [5.74, 6) is -1.08. The van der Waals surface area contributed by atoms with Crippen LogP contribution in [-0.4, -0.2) is 15.6 Å². The molecule has 6 heteroatoms. The van der Waals surface area contributed by atoms with Crippen molar-refractivity contribution in [2.24, 2.45) is 0 Å². The molecule has 0 atom stereocenters. The second-order valence-electron chi connectivity index (χ2n) is 3.48. The molecule has 0 fully saturated rings. The van der Waals surface area contributed by atoms with Crippen molar-refractivity contribution in [3.8, 4) is 0 Å². The maximum absolute atomic E-state index is 11.4. The molecule has 88 valence electrons. The first-order valence-electron chi connectivity index (χ1n) is 4.84. The number of anilines is 1. The van der Waals surface area contributed by atoms with Gasteiger partial charge in [0.15, 0.2) is 0 Å². The van der Waals surface area contributed by atoms with E-state index in [0.29, 0.717) is 5.56 Å². The van der Waals surface area contributed by atoms with Gasteiger partial charge in [-0.05, 0) is 11.6 Å². The van der Waals surface area contributed by atoms with Crippen LogP contribution < -0.4 is 10.6 Å². The number of aromatic nitrogens is 1. The molecule has 5 nitrogen and oxygen atoms in total. The summed E-state index contributed by atoms with van der Waals surface area (Å²) in [6.45, 7) is 0.217. The zero-order chi connectivity index (χ0) is 12.4. The number of aromatic carboxylic acids is 1. The number of benzene rings is 1. The summed E-state index contributed by atoms with van der Waals surface area (Å²) in [5, 5.41) is 10.7. The van der Waals surface area contributed by atoms with Crippen LogP contribution in [0.15, 0.2) is 34.6 Å². The van der Waals surface area contributed by atoms with Crippen LogP contribution in [0.1, 0.15) is 15.9 Å². The van der Waals surface area contributed by atoms with Gasteiger partial charge in [0.2, 0.25) is 0 Å². The average Bonchev–Trinajstić information content (AvgIpc) is 2.64. The van der Waals surface area contributed by atoms with Gasteiger partial charge >= 0.3 is 10.8 Å². The van der Waals surface area contributed by atoms with Crippen LogP contribution in [0, 0.1) is 0 Å². The van der Waals surface area contributed by atoms with Crippen molar-refractivity contribution < 1.29 is 9.90 Å². The van der Waals surface area contributed by atoms with E-state index in [1.165, 1.54) is 10.6 Å². The Morgan fingerprint density at radius 1 is 1.47 bits per heavy atom. The lowest BCUT2D eigenvalue weighted by atomic mass is 10.1. The highest BCUT2D eigenvalue weighted by molar-refractivity contribution is 7.07. The molecule has 2 rings (SSSR count). The molecule has 0 saturated carbocycles. The number of nitrogens with two attached hydrogens (primary N) is 1. The van der Waals surface area contributed by atoms with Gasteiger partial charge in [0.25, 0.3) is 0 Å². The number of rotatable bonds is 3. The lowest BCUT2D eigenvalue weighted by Gasteiger charge is -2.08. The standard InChI is InChI=1S/C11H10N2O3S/c12-8-3-1-2-7(9(8)10(14)15)6-13-4-5-17-11(13)16/h1-5H,6,12H2,(H,14,15). The van der Waals surface area contributed by atoms with Crippen molar-refractivity contribution in [2.45, 2.75) is 6.54 Å². The Bertz CT molecular complexity index is 615. The highest BCUT2D eigenvalue weighted by atomic mass is 32.1. The zero-order valence-corrected chi connectivity index (χ0v) is 9.61. The van der Waals surface area contributed by atoms with Gasteiger partial charge in [-0.3, -0.25) is 4.79 Å². The number of nitrogen functional groups attached to an aromatic ring is 1. The fourth-order valence-corrected chi connectivity index (χ4v) is 2.19. The number of hydrogen-bond donors (Lipinski definition) is 2. The Kier molecular flexibility index (Phi) is 2.97. The van der Waals surface area contributed by atoms with E-state index in [-0.39, 0.29) is 22.7 Å². The molecule has 1 aromatic carbocycles. The first-order valence-corrected chi connectivity index (χ1v) is 5.72. The van der Waals surface area contributed by atoms with Gasteiger partial charge in [-0.1, -0.05) is 23.5 Å². The summed E-state index contributed by atoms with van der Waals surface area (Å²) in [7, 11) is 0. The van der Waals surface area contributed by atoms with E-state index in [9.17, 15) is 9.59 Å². The van der Waals surface area contributed by atoms with Crippen LogP contribution in [-0.2, 0) is 6.54 Å². The zero-order valence-electron chi connectivity index (χ0n) is 8.79. The lowest BCUT2D eigenvalue weighted by Crippen LogP contribution is -2.16. The summed E-state index contributed by atoms with van der Waals surface area (Å²) >= 11 is 1.07. The Labute approximate surface area is 101 Å². The minimum absolute atomic E-state index is 0.0607. The summed E-state index contributed by atoms with van der Waals surface area (Å²) in [6, 6.07) is 4.86. The van der Waals surface area contributed by atoms with Crippen LogP contribution in [0.3, 0.4) is 0 Å². The Hall–Kier alpha value is -2.08. The Morgan fingerprint density at radius 3 is 2.82 bits per heavy atom. The van der Waals surface area contributed by atoms with Gasteiger partial charge in [-0.2, -0.15) is 0 Å². The third-order valence-corrected chi connectivity index (χ3v) is 3.08. The highest BCUT2D eigenvalue weighted by Gasteiger charge is 2.14. The number of hydrogen-bond acceptors (Lipinski definition) is 4. The molecule has 2 aromatic rings. The van der Waals surface area contributed by atoms with Crippen LogP contribution in [0.2, 0.25) is 0 Å². The number of carboxylic acid groups (broad SMARTS) is 1. The molecule has 0 aliphatic rings. The van der Waals surface area contributed by atoms with E-state index in [2.05, 4.69) is 0 Å². The fraction of sp³-hybridized carbons (Fsp3) is 0.0909. The van der Waals surface area contributed by atoms with E-state index < -0.39 is 5.97 Å². The Morgan fingerprint density at radius 2 is 2.24 bits per heavy atom. The molecule has 0 radical (unpaired) electrons. The molecule has 0 unspecified atom stereocenters. The summed E-state index contributed by atoms with van der Waals surface area (Å²) in [5.41, 5.74) is 6.42. The number of carbonyl (C=O) groups is 1. The van der Waals surface area contributed by atoms with Crippen molar-refractivity contribution in [1.82, 2.24) is 4.57 Å². The van der Waals surface area contributed by atoms with Crippen molar-refractivity contribution >= 4 is 23.0 Å². The maximum atomic E-state index is 11.4. The molecule has 0 saturated heterocycles. The monoisotopic (exact) mass is 250 g/mol. The topological polar surface area (TPSA) is 85.3 Å². The van der Waals surface area contributed by atoms with Gasteiger partial charge in [-0.15, -0.1) is 0 Å². The molecule has 3 N–H and O–H groups in total. The number of thiazole rings is 1. The molecule has 0 aliphatic carbocycles. The van der Waals surface area contributed by atoms with E-state index >= 15 is 0 Å². The molecule has 17 heavy (non-hydrogen) atoms. The summed E-state index contributed by atoms with van der Waals surface area (Å²) < 4.78 is 1.45. The van der Waals surface area contributed by atoms with Gasteiger partial charge < -0.3 is 15.4 Å². The van der Waals surface area contributed by atoms with Gasteiger partial charge in [0.1, 0.15) is 0 Å². The first-order chi connectivity index (χ1) is 8.09. The van der Waals surface area contributed by atoms with Gasteiger partial charge in [0, 0.05) is 17.3 Å². The van der Waals surface area contributed by atoms with E-state index in [1.54, 1.807) is 23.7 Å². The summed E-state index contributed by atoms with van der Waals surface area (Å²) in [6.07, 6.45) is 1.63. The molecule has 1 aromatic heterocycles. The van der Waals surface area contributed by atoms with Crippen LogP contribution in [0.5, 0.6) is 0 Å². The molecule has 0 aliphatic heterocycles. The van der Waals surface area contributed by atoms with Crippen molar-refractivity contribution in [3.63, 3.8) is 0 Å². The molecular weight excluding hydrogens is 240 g/mol. The van der Waals surface area contributed by atoms with Crippen molar-refractivity contribution in [2.75, 3.05) is 5.73 Å². The highest BCUT2D eigenvalue weighted by Crippen LogP contribution is 2.17. The average molecular weight is 250 g/mol. The van der Waals surface area contributed by atoms with E-state index in [4.69, 9.17) is 10.8 Å². The number of nitrogens with zero attached hydrogens (tertiary/aromatic N) is 1. The predicted octanol–water partition coefficient (Wildman–Crippen LogP) is 1.24. The molecule has 0 amide bonds. The third-order valence-electron chi connectivity index (χ3n) is 2.38. The smallest absolute Gasteiger partial charge is 0.338 e. The summed E-state index contributed by atoms with van der Waals surface area (Å²) in [4.78, 5) is 22.4.